The summed E-state index contributed by atoms with van der Waals surface area (Å²) < 4.78 is 0. The van der Waals surface area contributed by atoms with Crippen LogP contribution >= 0.6 is 11.6 Å². The first-order valence-corrected chi connectivity index (χ1v) is 6.43. The minimum absolute atomic E-state index is 0.218. The number of hydrazone groups is 1. The van der Waals surface area contributed by atoms with Crippen LogP contribution in [-0.4, -0.2) is 17.6 Å². The van der Waals surface area contributed by atoms with Gasteiger partial charge in [0.15, 0.2) is 0 Å². The Kier molecular flexibility index (Phi) is 3.90. The molecular weight excluding hydrogens is 278 g/mol. The van der Waals surface area contributed by atoms with Gasteiger partial charge in [-0.25, -0.2) is 0 Å². The van der Waals surface area contributed by atoms with Gasteiger partial charge in [-0.05, 0) is 32.0 Å². The number of carbonyl (C=O) groups excluding carboxylic acids is 2. The minimum atomic E-state index is -0.516. The monoisotopic (exact) mass is 291 g/mol. The number of hydrogen-bond donors (Lipinski definition) is 1. The quantitative estimate of drug-likeness (QED) is 0.850. The molecule has 104 valence electrons. The molecular formula is C14H14ClN3O2. The van der Waals surface area contributed by atoms with E-state index in [1.807, 2.05) is 0 Å². The van der Waals surface area contributed by atoms with Gasteiger partial charge in [0.25, 0.3) is 11.8 Å². The number of anilines is 1. The van der Waals surface area contributed by atoms with E-state index in [1.165, 1.54) is 5.01 Å². The molecule has 1 N–H and O–H groups in total. The van der Waals surface area contributed by atoms with Crippen molar-refractivity contribution in [3.63, 3.8) is 0 Å². The second-order valence-corrected chi connectivity index (χ2v) is 5.01. The fraction of sp³-hybridized carbons (Fsp3) is 0.214. The van der Waals surface area contributed by atoms with Crippen molar-refractivity contribution in [1.82, 2.24) is 5.32 Å². The number of carbonyl (C=O) groups is 2. The van der Waals surface area contributed by atoms with Crippen molar-refractivity contribution >= 4 is 34.9 Å². The van der Waals surface area contributed by atoms with Crippen molar-refractivity contribution in [2.75, 3.05) is 5.01 Å². The Morgan fingerprint density at radius 1 is 1.50 bits per heavy atom. The highest BCUT2D eigenvalue weighted by atomic mass is 35.5. The smallest absolute Gasteiger partial charge is 0.257 e. The maximum absolute atomic E-state index is 12.2. The molecule has 0 aliphatic carbocycles. The maximum atomic E-state index is 12.2. The van der Waals surface area contributed by atoms with Crippen LogP contribution < -0.4 is 10.3 Å². The second-order valence-electron chi connectivity index (χ2n) is 4.57. The number of benzene rings is 1. The standard InChI is InChI=1S/C14H14ClN3O2/c1-8(2)13(19)16-12-9(3)14(20)18(17-12)11-6-4-5-10(15)7-11/h4-7,9H,1H2,2-3H3,(H,16,17,19). The summed E-state index contributed by atoms with van der Waals surface area (Å²) >= 11 is 5.90. The third-order valence-corrected chi connectivity index (χ3v) is 3.11. The molecule has 0 saturated heterocycles. The summed E-state index contributed by atoms with van der Waals surface area (Å²) in [6, 6.07) is 6.81. The van der Waals surface area contributed by atoms with Gasteiger partial charge in [0.05, 0.1) is 11.6 Å². The molecule has 1 aromatic rings. The van der Waals surface area contributed by atoms with Gasteiger partial charge in [-0.3, -0.25) is 9.59 Å². The molecule has 0 saturated carbocycles. The van der Waals surface area contributed by atoms with Crippen LogP contribution in [0.4, 0.5) is 5.69 Å². The van der Waals surface area contributed by atoms with Gasteiger partial charge in [-0.15, -0.1) is 0 Å². The highest BCUT2D eigenvalue weighted by molar-refractivity contribution is 6.31. The van der Waals surface area contributed by atoms with E-state index in [1.54, 1.807) is 38.1 Å². The van der Waals surface area contributed by atoms with E-state index in [0.29, 0.717) is 22.1 Å². The van der Waals surface area contributed by atoms with Crippen LogP contribution in [0.1, 0.15) is 13.8 Å². The molecule has 0 fully saturated rings. The molecule has 5 nitrogen and oxygen atoms in total. The molecule has 1 unspecified atom stereocenters. The van der Waals surface area contributed by atoms with Crippen LogP contribution in [0.2, 0.25) is 5.02 Å². The van der Waals surface area contributed by atoms with Gasteiger partial charge >= 0.3 is 0 Å². The lowest BCUT2D eigenvalue weighted by Gasteiger charge is -2.12. The largest absolute Gasteiger partial charge is 0.308 e. The zero-order chi connectivity index (χ0) is 14.9. The van der Waals surface area contributed by atoms with Crippen molar-refractivity contribution in [3.8, 4) is 0 Å². The van der Waals surface area contributed by atoms with Crippen molar-refractivity contribution < 1.29 is 9.59 Å². The molecule has 20 heavy (non-hydrogen) atoms. The molecule has 2 rings (SSSR count). The third kappa shape index (κ3) is 2.72. The lowest BCUT2D eigenvalue weighted by Crippen LogP contribution is -2.35. The number of nitrogens with zero attached hydrogens (tertiary/aromatic N) is 2. The lowest BCUT2D eigenvalue weighted by molar-refractivity contribution is -0.119. The highest BCUT2D eigenvalue weighted by Gasteiger charge is 2.34. The summed E-state index contributed by atoms with van der Waals surface area (Å²) in [5.41, 5.74) is 0.919. The molecule has 1 aliphatic rings. The number of amidine groups is 1. The fourth-order valence-electron chi connectivity index (χ4n) is 1.69. The van der Waals surface area contributed by atoms with E-state index in [0.717, 1.165) is 0 Å². The normalized spacial score (nSPS) is 17.9. The second kappa shape index (κ2) is 5.46. The molecule has 6 heteroatoms. The molecule has 0 bridgehead atoms. The number of rotatable bonds is 2. The van der Waals surface area contributed by atoms with E-state index >= 15 is 0 Å². The average molecular weight is 292 g/mol. The zero-order valence-electron chi connectivity index (χ0n) is 11.2. The lowest BCUT2D eigenvalue weighted by atomic mass is 10.1. The summed E-state index contributed by atoms with van der Waals surface area (Å²) in [5, 5.41) is 8.49. The fourth-order valence-corrected chi connectivity index (χ4v) is 1.88. The Morgan fingerprint density at radius 3 is 2.80 bits per heavy atom. The Hall–Kier alpha value is -2.14. The number of hydrogen-bond acceptors (Lipinski definition) is 3. The van der Waals surface area contributed by atoms with Gasteiger partial charge in [0.2, 0.25) is 0 Å². The van der Waals surface area contributed by atoms with Crippen molar-refractivity contribution in [2.45, 2.75) is 13.8 Å². The molecule has 0 spiro atoms. The number of halogens is 1. The molecule has 1 aliphatic heterocycles. The van der Waals surface area contributed by atoms with E-state index in [2.05, 4.69) is 17.0 Å². The van der Waals surface area contributed by atoms with Gasteiger partial charge in [0, 0.05) is 10.6 Å². The van der Waals surface area contributed by atoms with Crippen molar-refractivity contribution in [2.24, 2.45) is 11.0 Å². The Balaban J connectivity index is 2.28. The molecule has 1 heterocycles. The van der Waals surface area contributed by atoms with Crippen LogP contribution in [0.25, 0.3) is 0 Å². The van der Waals surface area contributed by atoms with Crippen LogP contribution in [0.15, 0.2) is 41.5 Å². The van der Waals surface area contributed by atoms with Crippen LogP contribution in [-0.2, 0) is 9.59 Å². The highest BCUT2D eigenvalue weighted by Crippen LogP contribution is 2.25. The molecule has 2 amide bonds. The molecule has 0 radical (unpaired) electrons. The first-order chi connectivity index (χ1) is 9.40. The molecule has 0 aromatic heterocycles. The predicted molar refractivity (Wildman–Crippen MR) is 78.5 cm³/mol. The Bertz CT molecular complexity index is 625. The Morgan fingerprint density at radius 2 is 2.20 bits per heavy atom. The van der Waals surface area contributed by atoms with Gasteiger partial charge in [0.1, 0.15) is 5.84 Å². The zero-order valence-corrected chi connectivity index (χ0v) is 11.9. The maximum Gasteiger partial charge on any atom is 0.257 e. The van der Waals surface area contributed by atoms with Crippen molar-refractivity contribution in [1.29, 1.82) is 0 Å². The van der Waals surface area contributed by atoms with Crippen LogP contribution in [0.3, 0.4) is 0 Å². The van der Waals surface area contributed by atoms with Gasteiger partial charge in [-0.2, -0.15) is 10.1 Å². The number of nitrogens with one attached hydrogen (secondary N) is 1. The Labute approximate surface area is 121 Å². The summed E-state index contributed by atoms with van der Waals surface area (Å²) in [6.07, 6.45) is 0. The summed E-state index contributed by atoms with van der Waals surface area (Å²) in [7, 11) is 0. The SMILES string of the molecule is C=C(C)C(=O)NC1=NN(c2cccc(Cl)c2)C(=O)C1C. The average Bonchev–Trinajstić information content (AvgIpc) is 2.67. The molecule has 1 aromatic carbocycles. The first-order valence-electron chi connectivity index (χ1n) is 6.05. The van der Waals surface area contributed by atoms with Crippen molar-refractivity contribution in [3.05, 3.63) is 41.4 Å². The summed E-state index contributed by atoms with van der Waals surface area (Å²) in [4.78, 5) is 23.8. The topological polar surface area (TPSA) is 61.8 Å². The predicted octanol–water partition coefficient (Wildman–Crippen LogP) is 2.33. The number of amides is 2. The van der Waals surface area contributed by atoms with Crippen LogP contribution in [0, 0.1) is 5.92 Å². The van der Waals surface area contributed by atoms with E-state index in [4.69, 9.17) is 11.6 Å². The van der Waals surface area contributed by atoms with E-state index < -0.39 is 5.92 Å². The first kappa shape index (κ1) is 14.3. The summed E-state index contributed by atoms with van der Waals surface area (Å²) in [5.74, 6) is -0.777. The molecule has 1 atom stereocenters. The van der Waals surface area contributed by atoms with Crippen LogP contribution in [0.5, 0.6) is 0 Å². The van der Waals surface area contributed by atoms with E-state index in [9.17, 15) is 9.59 Å². The van der Waals surface area contributed by atoms with E-state index in [-0.39, 0.29) is 11.8 Å². The third-order valence-electron chi connectivity index (χ3n) is 2.88. The summed E-state index contributed by atoms with van der Waals surface area (Å²) in [6.45, 7) is 6.82. The van der Waals surface area contributed by atoms with Gasteiger partial charge < -0.3 is 5.32 Å². The van der Waals surface area contributed by atoms with Gasteiger partial charge in [-0.1, -0.05) is 24.2 Å². The minimum Gasteiger partial charge on any atom is -0.308 e.